The highest BCUT2D eigenvalue weighted by Crippen LogP contribution is 2.17. The van der Waals surface area contributed by atoms with Crippen LogP contribution in [0.25, 0.3) is 0 Å². The first-order valence-corrected chi connectivity index (χ1v) is 29.2. The summed E-state index contributed by atoms with van der Waals surface area (Å²) in [5.41, 5.74) is 0. The number of ether oxygens (including phenoxy) is 3. The Morgan fingerprint density at radius 1 is 0.449 bits per heavy atom. The topological polar surface area (TPSA) is 102 Å². The van der Waals surface area contributed by atoms with Crippen LogP contribution in [-0.2, 0) is 28.6 Å². The molecule has 0 rings (SSSR count). The summed E-state index contributed by atoms with van der Waals surface area (Å²) < 4.78 is 17.3. The zero-order valence-electron chi connectivity index (χ0n) is 46.0. The number of esters is 2. The molecule has 0 amide bonds. The van der Waals surface area contributed by atoms with Crippen LogP contribution in [-0.4, -0.2) is 75.5 Å². The van der Waals surface area contributed by atoms with E-state index in [2.05, 4.69) is 62.5 Å². The van der Waals surface area contributed by atoms with Crippen molar-refractivity contribution in [1.82, 2.24) is 0 Å². The Hall–Kier alpha value is -2.71. The Kier molecular flexibility index (Phi) is 49.6. The van der Waals surface area contributed by atoms with Crippen molar-refractivity contribution in [3.63, 3.8) is 0 Å². The Balaban J connectivity index is 4.14. The van der Waals surface area contributed by atoms with Crippen LogP contribution in [0.15, 0.2) is 48.6 Å². The minimum atomic E-state index is -1.12. The van der Waals surface area contributed by atoms with E-state index in [0.29, 0.717) is 12.8 Å². The SMILES string of the molecule is CC/C=C\C/C=C\C/C=C\C/C=C\CCCCCCCCCCCCC(=O)OC(COCCC(C(=O)[O-])[N+](C)(C)C)COC(=O)CCCCCCCCCCCCCCCCCCCCCCCC. The fourth-order valence-electron chi connectivity index (χ4n) is 8.77. The van der Waals surface area contributed by atoms with E-state index >= 15 is 0 Å². The summed E-state index contributed by atoms with van der Waals surface area (Å²) in [6, 6.07) is -0.727. The van der Waals surface area contributed by atoms with Gasteiger partial charge in [0.05, 0.1) is 40.3 Å². The minimum absolute atomic E-state index is 0.0414. The van der Waals surface area contributed by atoms with Crippen LogP contribution >= 0.6 is 0 Å². The first-order chi connectivity index (χ1) is 33.6. The molecular weight excluding hydrogens is 859 g/mol. The quantitative estimate of drug-likeness (QED) is 0.0259. The lowest BCUT2D eigenvalue weighted by Crippen LogP contribution is -2.55. The van der Waals surface area contributed by atoms with Crippen molar-refractivity contribution < 1.29 is 38.2 Å². The van der Waals surface area contributed by atoms with E-state index < -0.39 is 18.1 Å². The van der Waals surface area contributed by atoms with Gasteiger partial charge in [-0.2, -0.15) is 0 Å². The van der Waals surface area contributed by atoms with E-state index in [9.17, 15) is 19.5 Å². The predicted molar refractivity (Wildman–Crippen MR) is 291 cm³/mol. The molecule has 0 heterocycles. The van der Waals surface area contributed by atoms with Crippen LogP contribution < -0.4 is 5.11 Å². The van der Waals surface area contributed by atoms with Gasteiger partial charge in [-0.3, -0.25) is 9.59 Å². The van der Waals surface area contributed by atoms with Crippen molar-refractivity contribution in [2.75, 3.05) is 41.0 Å². The fraction of sp³-hybridized carbons (Fsp3) is 0.820. The second kappa shape index (κ2) is 51.6. The monoisotopic (exact) mass is 970 g/mol. The van der Waals surface area contributed by atoms with Gasteiger partial charge < -0.3 is 28.6 Å². The number of hydrogen-bond donors (Lipinski definition) is 0. The predicted octanol–water partition coefficient (Wildman–Crippen LogP) is 16.2. The average molecular weight is 971 g/mol. The van der Waals surface area contributed by atoms with Gasteiger partial charge in [-0.1, -0.05) is 249 Å². The zero-order valence-corrected chi connectivity index (χ0v) is 46.0. The van der Waals surface area contributed by atoms with Gasteiger partial charge >= 0.3 is 11.9 Å². The van der Waals surface area contributed by atoms with Gasteiger partial charge in [-0.15, -0.1) is 0 Å². The Bertz CT molecular complexity index is 1270. The largest absolute Gasteiger partial charge is 0.544 e. The standard InChI is InChI=1S/C61H111NO7/c1-6-8-10-12-14-16-18-20-22-24-26-28-30-32-34-36-38-40-42-44-46-48-50-52-60(64)69-57(55-67-54-53-58(61(65)66)62(3,4)5)56-68-59(63)51-49-47-45-43-41-39-37-35-33-31-29-27-25-23-21-19-17-15-13-11-9-7-2/h8,10,14,16,20,22,26,28,57-58H,6-7,9,11-13,15,17-19,21,23-25,27,29-56H2,1-5H3/b10-8-,16-14-,22-20-,28-26-. The molecule has 8 nitrogen and oxygen atoms in total. The van der Waals surface area contributed by atoms with Crippen LogP contribution in [0.1, 0.15) is 271 Å². The zero-order chi connectivity index (χ0) is 50.6. The maximum Gasteiger partial charge on any atom is 0.306 e. The van der Waals surface area contributed by atoms with E-state index in [1.807, 2.05) is 21.1 Å². The van der Waals surface area contributed by atoms with Gasteiger partial charge in [0.1, 0.15) is 12.6 Å². The molecule has 0 aliphatic rings. The molecule has 0 aromatic heterocycles. The van der Waals surface area contributed by atoms with Crippen molar-refractivity contribution in [3.05, 3.63) is 48.6 Å². The third-order valence-electron chi connectivity index (χ3n) is 13.2. The summed E-state index contributed by atoms with van der Waals surface area (Å²) in [5, 5.41) is 11.7. The van der Waals surface area contributed by atoms with E-state index in [1.54, 1.807) is 0 Å². The van der Waals surface area contributed by atoms with Crippen molar-refractivity contribution in [1.29, 1.82) is 0 Å². The second-order valence-corrected chi connectivity index (χ2v) is 20.9. The number of nitrogens with zero attached hydrogens (tertiary/aromatic N) is 1. The summed E-state index contributed by atoms with van der Waals surface area (Å²) in [5.74, 6) is -1.72. The van der Waals surface area contributed by atoms with Gasteiger partial charge in [0.2, 0.25) is 0 Å². The molecule has 0 aromatic carbocycles. The fourth-order valence-corrected chi connectivity index (χ4v) is 8.77. The molecule has 0 fully saturated rings. The summed E-state index contributed by atoms with van der Waals surface area (Å²) in [4.78, 5) is 37.2. The first kappa shape index (κ1) is 66.3. The van der Waals surface area contributed by atoms with Gasteiger partial charge in [0.15, 0.2) is 6.10 Å². The molecule has 8 heteroatoms. The number of rotatable bonds is 53. The molecule has 0 N–H and O–H groups in total. The molecule has 0 radical (unpaired) electrons. The molecule has 69 heavy (non-hydrogen) atoms. The smallest absolute Gasteiger partial charge is 0.306 e. The number of unbranched alkanes of at least 4 members (excludes halogenated alkanes) is 31. The summed E-state index contributed by atoms with van der Waals surface area (Å²) >= 11 is 0. The molecule has 0 aliphatic heterocycles. The molecular formula is C61H111NO7. The molecule has 0 saturated heterocycles. The van der Waals surface area contributed by atoms with Gasteiger partial charge in [0, 0.05) is 19.3 Å². The lowest BCUT2D eigenvalue weighted by atomic mass is 10.0. The van der Waals surface area contributed by atoms with Crippen LogP contribution in [0.3, 0.4) is 0 Å². The maximum atomic E-state index is 12.8. The number of quaternary nitrogens is 1. The van der Waals surface area contributed by atoms with Gasteiger partial charge in [0.25, 0.3) is 0 Å². The lowest BCUT2D eigenvalue weighted by molar-refractivity contribution is -0.889. The molecule has 402 valence electrons. The summed E-state index contributed by atoms with van der Waals surface area (Å²) in [7, 11) is 5.43. The molecule has 2 unspecified atom stereocenters. The van der Waals surface area contributed by atoms with Crippen LogP contribution in [0, 0.1) is 0 Å². The molecule has 0 aliphatic carbocycles. The van der Waals surface area contributed by atoms with Crippen molar-refractivity contribution >= 4 is 17.9 Å². The van der Waals surface area contributed by atoms with Crippen molar-refractivity contribution in [3.8, 4) is 0 Å². The van der Waals surface area contributed by atoms with E-state index in [4.69, 9.17) is 14.2 Å². The lowest BCUT2D eigenvalue weighted by Gasteiger charge is -2.34. The number of carbonyl (C=O) groups is 3. The highest BCUT2D eigenvalue weighted by atomic mass is 16.6. The Morgan fingerprint density at radius 3 is 1.20 bits per heavy atom. The Morgan fingerprint density at radius 2 is 0.812 bits per heavy atom. The Labute approximate surface area is 426 Å². The molecule has 0 aromatic rings. The molecule has 2 atom stereocenters. The third kappa shape index (κ3) is 50.0. The minimum Gasteiger partial charge on any atom is -0.544 e. The average Bonchev–Trinajstić information content (AvgIpc) is 3.31. The summed E-state index contributed by atoms with van der Waals surface area (Å²) in [6.07, 6.45) is 64.4. The molecule has 0 saturated carbocycles. The number of hydrogen-bond acceptors (Lipinski definition) is 7. The number of aliphatic carboxylic acids is 1. The maximum absolute atomic E-state index is 12.8. The number of likely N-dealkylation sites (N-methyl/N-ethyl adjacent to an activating group) is 1. The first-order valence-electron chi connectivity index (χ1n) is 29.2. The molecule has 0 bridgehead atoms. The number of allylic oxidation sites excluding steroid dienone is 8. The highest BCUT2D eigenvalue weighted by molar-refractivity contribution is 5.70. The number of carbonyl (C=O) groups excluding carboxylic acids is 3. The normalized spacial score (nSPS) is 13.1. The van der Waals surface area contributed by atoms with Gasteiger partial charge in [-0.25, -0.2) is 0 Å². The van der Waals surface area contributed by atoms with Crippen molar-refractivity contribution in [2.45, 2.75) is 283 Å². The van der Waals surface area contributed by atoms with E-state index in [0.717, 1.165) is 64.2 Å². The van der Waals surface area contributed by atoms with Gasteiger partial charge in [-0.05, 0) is 51.4 Å². The third-order valence-corrected chi connectivity index (χ3v) is 13.2. The number of carboxylic acids is 1. The summed E-state index contributed by atoms with van der Waals surface area (Å²) in [6.45, 7) is 4.60. The molecule has 0 spiro atoms. The second-order valence-electron chi connectivity index (χ2n) is 20.9. The van der Waals surface area contributed by atoms with Crippen LogP contribution in [0.2, 0.25) is 0 Å². The number of carboxylic acid groups (broad SMARTS) is 1. The van der Waals surface area contributed by atoms with Crippen LogP contribution in [0.5, 0.6) is 0 Å². The highest BCUT2D eigenvalue weighted by Gasteiger charge is 2.25. The van der Waals surface area contributed by atoms with E-state index in [1.165, 1.54) is 173 Å². The van der Waals surface area contributed by atoms with Crippen molar-refractivity contribution in [2.24, 2.45) is 0 Å². The van der Waals surface area contributed by atoms with Crippen LogP contribution in [0.4, 0.5) is 0 Å². The van der Waals surface area contributed by atoms with E-state index in [-0.39, 0.29) is 42.7 Å².